The van der Waals surface area contributed by atoms with Gasteiger partial charge in [-0.25, -0.2) is 8.78 Å². The third-order valence-corrected chi connectivity index (χ3v) is 5.44. The standard InChI is InChI=1S/C24H23F4NO/c1-2-3-7-16-10-11-21(19(12-16)17-8-5-4-6-9-17)24(27,28)30-18-13-22(25)20(15-29)23(26)14-18/h2-3,10-14,17H,4-9H2,1H3/b3-2+. The average Bonchev–Trinajstić information content (AvgIpc) is 2.72. The highest BCUT2D eigenvalue weighted by molar-refractivity contribution is 5.41. The predicted octanol–water partition coefficient (Wildman–Crippen LogP) is 7.13. The van der Waals surface area contributed by atoms with E-state index in [0.717, 1.165) is 37.7 Å². The van der Waals surface area contributed by atoms with Crippen LogP contribution in [-0.2, 0) is 12.5 Å². The van der Waals surface area contributed by atoms with Gasteiger partial charge in [0.25, 0.3) is 0 Å². The second kappa shape index (κ2) is 9.34. The average molecular weight is 417 g/mol. The fourth-order valence-electron chi connectivity index (χ4n) is 3.93. The number of halogens is 4. The van der Waals surface area contributed by atoms with Gasteiger partial charge >= 0.3 is 6.11 Å². The maximum atomic E-state index is 15.1. The third-order valence-electron chi connectivity index (χ3n) is 5.44. The van der Waals surface area contributed by atoms with Crippen LogP contribution in [0.2, 0.25) is 0 Å². The summed E-state index contributed by atoms with van der Waals surface area (Å²) in [5, 5.41) is 8.75. The molecule has 0 amide bonds. The molecule has 0 unspecified atom stereocenters. The van der Waals surface area contributed by atoms with Crippen LogP contribution in [0.15, 0.2) is 42.5 Å². The zero-order valence-electron chi connectivity index (χ0n) is 16.7. The van der Waals surface area contributed by atoms with Crippen LogP contribution in [0.4, 0.5) is 17.6 Å². The molecular weight excluding hydrogens is 394 g/mol. The van der Waals surface area contributed by atoms with E-state index >= 15 is 8.78 Å². The molecule has 3 rings (SSSR count). The predicted molar refractivity (Wildman–Crippen MR) is 106 cm³/mol. The topological polar surface area (TPSA) is 33.0 Å². The van der Waals surface area contributed by atoms with Crippen molar-refractivity contribution in [2.45, 2.75) is 57.5 Å². The van der Waals surface area contributed by atoms with E-state index in [1.807, 2.05) is 19.1 Å². The van der Waals surface area contributed by atoms with Crippen LogP contribution in [0, 0.1) is 23.0 Å². The molecule has 0 aromatic heterocycles. The molecule has 1 fully saturated rings. The number of ether oxygens (including phenoxy) is 1. The molecule has 2 aromatic rings. The van der Waals surface area contributed by atoms with Crippen LogP contribution >= 0.6 is 0 Å². The SMILES string of the molecule is C/C=C/Cc1ccc(C(F)(F)Oc2cc(F)c(C#N)c(F)c2)c(C2CCCCC2)c1. The molecule has 0 saturated heterocycles. The number of nitriles is 1. The van der Waals surface area contributed by atoms with E-state index in [1.54, 1.807) is 12.1 Å². The first kappa shape index (κ1) is 21.9. The molecule has 0 atom stereocenters. The van der Waals surface area contributed by atoms with Gasteiger partial charge in [0.15, 0.2) is 0 Å². The number of rotatable bonds is 6. The minimum absolute atomic E-state index is 0.0109. The maximum Gasteiger partial charge on any atom is 0.426 e. The number of alkyl halides is 2. The molecule has 1 aliphatic carbocycles. The Balaban J connectivity index is 1.98. The molecule has 0 heterocycles. The molecule has 30 heavy (non-hydrogen) atoms. The van der Waals surface area contributed by atoms with E-state index < -0.39 is 29.1 Å². The summed E-state index contributed by atoms with van der Waals surface area (Å²) in [6, 6.07) is 7.34. The molecule has 2 nitrogen and oxygen atoms in total. The molecule has 0 radical (unpaired) electrons. The highest BCUT2D eigenvalue weighted by atomic mass is 19.3. The van der Waals surface area contributed by atoms with E-state index in [1.165, 1.54) is 12.1 Å². The minimum Gasteiger partial charge on any atom is -0.429 e. The van der Waals surface area contributed by atoms with E-state index in [2.05, 4.69) is 0 Å². The van der Waals surface area contributed by atoms with Crippen LogP contribution in [0.5, 0.6) is 5.75 Å². The molecule has 158 valence electrons. The molecule has 2 aromatic carbocycles. The fraction of sp³-hybridized carbons (Fsp3) is 0.375. The van der Waals surface area contributed by atoms with Crippen molar-refractivity contribution < 1.29 is 22.3 Å². The van der Waals surface area contributed by atoms with Crippen molar-refractivity contribution >= 4 is 0 Å². The second-order valence-corrected chi connectivity index (χ2v) is 7.52. The lowest BCUT2D eigenvalue weighted by molar-refractivity contribution is -0.186. The molecule has 1 aliphatic rings. The Bertz CT molecular complexity index is 949. The lowest BCUT2D eigenvalue weighted by Crippen LogP contribution is -2.25. The van der Waals surface area contributed by atoms with Crippen LogP contribution in [0.25, 0.3) is 0 Å². The number of hydrogen-bond donors (Lipinski definition) is 0. The van der Waals surface area contributed by atoms with Crippen LogP contribution in [-0.4, -0.2) is 0 Å². The lowest BCUT2D eigenvalue weighted by atomic mass is 9.81. The van der Waals surface area contributed by atoms with Crippen LogP contribution < -0.4 is 4.74 Å². The Morgan fingerprint density at radius 3 is 2.37 bits per heavy atom. The zero-order valence-corrected chi connectivity index (χ0v) is 16.7. The van der Waals surface area contributed by atoms with Gasteiger partial charge in [-0.1, -0.05) is 43.5 Å². The van der Waals surface area contributed by atoms with Crippen molar-refractivity contribution in [3.8, 4) is 11.8 Å². The van der Waals surface area contributed by atoms with Gasteiger partial charge in [0, 0.05) is 12.1 Å². The quantitative estimate of drug-likeness (QED) is 0.370. The largest absolute Gasteiger partial charge is 0.429 e. The molecular formula is C24H23F4NO. The van der Waals surface area contributed by atoms with E-state index in [4.69, 9.17) is 10.00 Å². The zero-order chi connectivity index (χ0) is 21.7. The third kappa shape index (κ3) is 4.84. The Kier molecular flexibility index (Phi) is 6.81. The van der Waals surface area contributed by atoms with Gasteiger partial charge in [-0.3, -0.25) is 0 Å². The minimum atomic E-state index is -3.78. The molecule has 0 spiro atoms. The summed E-state index contributed by atoms with van der Waals surface area (Å²) in [6.45, 7) is 1.90. The number of benzene rings is 2. The van der Waals surface area contributed by atoms with E-state index in [-0.39, 0.29) is 11.5 Å². The van der Waals surface area contributed by atoms with Crippen molar-refractivity contribution in [3.63, 3.8) is 0 Å². The van der Waals surface area contributed by atoms with Gasteiger partial charge in [-0.15, -0.1) is 0 Å². The number of hydrogen-bond acceptors (Lipinski definition) is 2. The fourth-order valence-corrected chi connectivity index (χ4v) is 3.93. The Morgan fingerprint density at radius 2 is 1.77 bits per heavy atom. The maximum absolute atomic E-state index is 15.1. The normalized spacial score (nSPS) is 15.3. The Hall–Kier alpha value is -2.81. The lowest BCUT2D eigenvalue weighted by Gasteiger charge is -2.28. The molecule has 0 N–H and O–H groups in total. The molecule has 1 saturated carbocycles. The van der Waals surface area contributed by atoms with Crippen molar-refractivity contribution in [2.24, 2.45) is 0 Å². The molecule has 6 heteroatoms. The highest BCUT2D eigenvalue weighted by Crippen LogP contribution is 2.41. The first-order valence-corrected chi connectivity index (χ1v) is 10.1. The number of nitrogens with zero attached hydrogens (tertiary/aromatic N) is 1. The van der Waals surface area contributed by atoms with Gasteiger partial charge < -0.3 is 4.74 Å². The summed E-state index contributed by atoms with van der Waals surface area (Å²) in [5.74, 6) is -3.15. The summed E-state index contributed by atoms with van der Waals surface area (Å²) in [5.41, 5.74) is 0.325. The molecule has 0 aliphatic heterocycles. The molecule has 0 bridgehead atoms. The van der Waals surface area contributed by atoms with Gasteiger partial charge in [-0.05, 0) is 49.3 Å². The smallest absolute Gasteiger partial charge is 0.426 e. The Morgan fingerprint density at radius 1 is 1.10 bits per heavy atom. The van der Waals surface area contributed by atoms with Crippen molar-refractivity contribution in [1.29, 1.82) is 5.26 Å². The van der Waals surface area contributed by atoms with Crippen LogP contribution in [0.1, 0.15) is 67.2 Å². The monoisotopic (exact) mass is 417 g/mol. The highest BCUT2D eigenvalue weighted by Gasteiger charge is 2.39. The second-order valence-electron chi connectivity index (χ2n) is 7.52. The van der Waals surface area contributed by atoms with Gasteiger partial charge in [-0.2, -0.15) is 14.0 Å². The van der Waals surface area contributed by atoms with Crippen molar-refractivity contribution in [1.82, 2.24) is 0 Å². The first-order valence-electron chi connectivity index (χ1n) is 10.1. The van der Waals surface area contributed by atoms with Crippen LogP contribution in [0.3, 0.4) is 0 Å². The summed E-state index contributed by atoms with van der Waals surface area (Å²) in [6.07, 6.45) is 5.38. The van der Waals surface area contributed by atoms with Gasteiger partial charge in [0.05, 0.1) is 5.56 Å². The van der Waals surface area contributed by atoms with E-state index in [9.17, 15) is 8.78 Å². The Labute approximate surface area is 173 Å². The van der Waals surface area contributed by atoms with Gasteiger partial charge in [0.2, 0.25) is 0 Å². The summed E-state index contributed by atoms with van der Waals surface area (Å²) in [4.78, 5) is 0. The van der Waals surface area contributed by atoms with Crippen molar-refractivity contribution in [2.75, 3.05) is 0 Å². The summed E-state index contributed by atoms with van der Waals surface area (Å²) in [7, 11) is 0. The summed E-state index contributed by atoms with van der Waals surface area (Å²) < 4.78 is 62.7. The van der Waals surface area contributed by atoms with Crippen molar-refractivity contribution in [3.05, 3.63) is 76.4 Å². The summed E-state index contributed by atoms with van der Waals surface area (Å²) >= 11 is 0. The number of allylic oxidation sites excluding steroid dienone is 2. The van der Waals surface area contributed by atoms with Gasteiger partial charge in [0.1, 0.15) is 29.0 Å². The van der Waals surface area contributed by atoms with E-state index in [0.29, 0.717) is 24.1 Å². The first-order chi connectivity index (χ1) is 14.4.